The van der Waals surface area contributed by atoms with E-state index in [2.05, 4.69) is 16.5 Å². The standard InChI is InChI=1S/C38H42Cl2F2N6O3/c1-8-29(50)46-19-23-18-45(13-9-12-44(6)7)37-36(47(23)17-22(46)5)26-16-28(41)30(25-14-24(49)15-27(39)31(25)40)32(42)35(26)48(38(37)51)34-21(4)10-11-43-33(34)20(2)3/h8,10-11,14-16,20,22-23,49H,1,9,12-13,17-19H2,2-7H3. The lowest BCUT2D eigenvalue weighted by Gasteiger charge is -2.52. The van der Waals surface area contributed by atoms with Crippen molar-refractivity contribution in [3.63, 3.8) is 0 Å². The summed E-state index contributed by atoms with van der Waals surface area (Å²) in [6.45, 7) is 13.6. The number of hydrogen-bond acceptors (Lipinski definition) is 7. The van der Waals surface area contributed by atoms with E-state index in [0.717, 1.165) is 12.6 Å². The average Bonchev–Trinajstić information content (AvgIpc) is 3.06. The van der Waals surface area contributed by atoms with Crippen LogP contribution in [0.25, 0.3) is 27.7 Å². The quantitative estimate of drug-likeness (QED) is 0.193. The smallest absolute Gasteiger partial charge is 0.281 e. The van der Waals surface area contributed by atoms with Crippen molar-refractivity contribution in [3.05, 3.63) is 86.4 Å². The van der Waals surface area contributed by atoms with Gasteiger partial charge in [-0.2, -0.15) is 0 Å². The SMILES string of the molecule is C=CC(=O)N1CC2CN(CCCN(C)C)c3c(c4cc(F)c(-c5cc(O)cc(Cl)c5Cl)c(F)c4n(-c4c(C)ccnc4C(C)C)c3=O)N2CC1C. The van der Waals surface area contributed by atoms with Gasteiger partial charge in [-0.25, -0.2) is 8.78 Å². The fraction of sp³-hybridized carbons (Fsp3) is 0.395. The lowest BCUT2D eigenvalue weighted by molar-refractivity contribution is -0.128. The molecular weight excluding hydrogens is 697 g/mol. The fourth-order valence-electron chi connectivity index (χ4n) is 7.54. The van der Waals surface area contributed by atoms with Crippen molar-refractivity contribution in [2.45, 2.75) is 52.1 Å². The van der Waals surface area contributed by atoms with Gasteiger partial charge >= 0.3 is 0 Å². The van der Waals surface area contributed by atoms with Crippen molar-refractivity contribution >= 4 is 51.4 Å². The Morgan fingerprint density at radius 3 is 2.53 bits per heavy atom. The van der Waals surface area contributed by atoms with Crippen molar-refractivity contribution in [1.82, 2.24) is 19.4 Å². The molecule has 2 aliphatic rings. The number of pyridine rings is 2. The maximum atomic E-state index is 17.6. The predicted molar refractivity (Wildman–Crippen MR) is 201 cm³/mol. The summed E-state index contributed by atoms with van der Waals surface area (Å²) in [5, 5.41) is 10.4. The van der Waals surface area contributed by atoms with E-state index in [1.807, 2.05) is 51.6 Å². The number of carbonyl (C=O) groups is 1. The Hall–Kier alpha value is -4.19. The summed E-state index contributed by atoms with van der Waals surface area (Å²) in [5.41, 5.74) is 1.07. The summed E-state index contributed by atoms with van der Waals surface area (Å²) in [4.78, 5) is 40.7. The molecule has 0 bridgehead atoms. The molecule has 1 fully saturated rings. The van der Waals surface area contributed by atoms with Crippen molar-refractivity contribution in [3.8, 4) is 22.6 Å². The molecule has 1 saturated heterocycles. The van der Waals surface area contributed by atoms with Crippen LogP contribution in [0, 0.1) is 18.6 Å². The van der Waals surface area contributed by atoms with E-state index in [0.29, 0.717) is 60.9 Å². The molecule has 51 heavy (non-hydrogen) atoms. The van der Waals surface area contributed by atoms with Crippen LogP contribution in [0.3, 0.4) is 0 Å². The highest BCUT2D eigenvalue weighted by Gasteiger charge is 2.42. The number of piperazine rings is 1. The van der Waals surface area contributed by atoms with Gasteiger partial charge in [0, 0.05) is 55.4 Å². The molecule has 4 heterocycles. The third-order valence-electron chi connectivity index (χ3n) is 9.88. The van der Waals surface area contributed by atoms with E-state index >= 15 is 13.6 Å². The molecule has 2 aromatic heterocycles. The topological polar surface area (TPSA) is 85.1 Å². The largest absolute Gasteiger partial charge is 0.508 e. The number of anilines is 2. The van der Waals surface area contributed by atoms with Crippen LogP contribution >= 0.6 is 23.2 Å². The van der Waals surface area contributed by atoms with Crippen LogP contribution in [-0.2, 0) is 4.79 Å². The molecule has 0 aliphatic carbocycles. The van der Waals surface area contributed by atoms with Crippen molar-refractivity contribution in [2.24, 2.45) is 0 Å². The van der Waals surface area contributed by atoms with Gasteiger partial charge in [0.2, 0.25) is 5.91 Å². The van der Waals surface area contributed by atoms with Gasteiger partial charge in [-0.1, -0.05) is 43.6 Å². The lowest BCUT2D eigenvalue weighted by Crippen LogP contribution is -2.64. The first-order valence-corrected chi connectivity index (χ1v) is 17.8. The Labute approximate surface area is 306 Å². The second kappa shape index (κ2) is 14.1. The van der Waals surface area contributed by atoms with Crippen LogP contribution in [0.4, 0.5) is 20.2 Å². The summed E-state index contributed by atoms with van der Waals surface area (Å²) in [6, 6.07) is 4.77. The van der Waals surface area contributed by atoms with Crippen molar-refractivity contribution in [1.29, 1.82) is 0 Å². The number of amides is 1. The summed E-state index contributed by atoms with van der Waals surface area (Å²) >= 11 is 12.8. The molecule has 2 atom stereocenters. The zero-order valence-corrected chi connectivity index (χ0v) is 31.1. The van der Waals surface area contributed by atoms with Gasteiger partial charge in [0.1, 0.15) is 17.3 Å². The van der Waals surface area contributed by atoms with Crippen LogP contribution in [0.5, 0.6) is 5.75 Å². The number of aryl methyl sites for hydroxylation is 1. The van der Waals surface area contributed by atoms with E-state index in [1.165, 1.54) is 22.8 Å². The van der Waals surface area contributed by atoms with Gasteiger partial charge in [-0.15, -0.1) is 0 Å². The molecule has 2 aromatic carbocycles. The highest BCUT2D eigenvalue weighted by molar-refractivity contribution is 6.44. The zero-order chi connectivity index (χ0) is 37.0. The minimum atomic E-state index is -1.04. The van der Waals surface area contributed by atoms with E-state index < -0.39 is 22.8 Å². The maximum absolute atomic E-state index is 17.6. The summed E-state index contributed by atoms with van der Waals surface area (Å²) in [7, 11) is 3.95. The van der Waals surface area contributed by atoms with Gasteiger partial charge in [0.25, 0.3) is 5.56 Å². The molecule has 1 N–H and O–H groups in total. The van der Waals surface area contributed by atoms with E-state index in [9.17, 15) is 9.90 Å². The van der Waals surface area contributed by atoms with E-state index in [-0.39, 0.29) is 56.2 Å². The number of halogens is 4. The molecule has 0 radical (unpaired) electrons. The third kappa shape index (κ3) is 6.33. The number of benzene rings is 2. The monoisotopic (exact) mass is 738 g/mol. The fourth-order valence-corrected chi connectivity index (χ4v) is 7.96. The van der Waals surface area contributed by atoms with E-state index in [4.69, 9.17) is 23.2 Å². The van der Waals surface area contributed by atoms with Crippen LogP contribution in [0.15, 0.2) is 47.9 Å². The number of carbonyl (C=O) groups excluding carboxylic acids is 1. The Morgan fingerprint density at radius 1 is 1.14 bits per heavy atom. The normalized spacial score (nSPS) is 17.4. The predicted octanol–water partition coefficient (Wildman–Crippen LogP) is 7.14. The number of hydrogen-bond donors (Lipinski definition) is 1. The first-order chi connectivity index (χ1) is 24.2. The number of nitrogens with zero attached hydrogens (tertiary/aromatic N) is 6. The minimum absolute atomic E-state index is 0.0873. The number of fused-ring (bicyclic) bond motifs is 5. The Balaban J connectivity index is 1.77. The minimum Gasteiger partial charge on any atom is -0.508 e. The second-order valence-electron chi connectivity index (χ2n) is 14.0. The molecule has 0 saturated carbocycles. The van der Waals surface area contributed by atoms with Gasteiger partial charge in [0.15, 0.2) is 5.82 Å². The molecule has 6 rings (SSSR count). The summed E-state index contributed by atoms with van der Waals surface area (Å²) in [6.07, 6.45) is 3.66. The number of aromatic nitrogens is 2. The second-order valence-corrected chi connectivity index (χ2v) is 14.8. The number of aromatic hydroxyl groups is 1. The molecule has 13 heteroatoms. The number of rotatable bonds is 8. The summed E-state index contributed by atoms with van der Waals surface area (Å²) in [5.74, 6) is -2.68. The molecule has 2 aliphatic heterocycles. The molecule has 2 unspecified atom stereocenters. The Kier molecular flexibility index (Phi) is 10.1. The van der Waals surface area contributed by atoms with Gasteiger partial charge in [0.05, 0.1) is 44.2 Å². The first kappa shape index (κ1) is 36.6. The highest BCUT2D eigenvalue weighted by atomic mass is 35.5. The van der Waals surface area contributed by atoms with Crippen molar-refractivity contribution < 1.29 is 18.7 Å². The Bertz CT molecular complexity index is 2120. The van der Waals surface area contributed by atoms with Crippen LogP contribution in [0.2, 0.25) is 10.0 Å². The first-order valence-electron chi connectivity index (χ1n) is 17.0. The van der Waals surface area contributed by atoms with Gasteiger partial charge in [-0.05, 0) is 76.7 Å². The number of phenolic OH excluding ortho intramolecular Hbond substituents is 1. The zero-order valence-electron chi connectivity index (χ0n) is 29.6. The van der Waals surface area contributed by atoms with Crippen LogP contribution < -0.4 is 15.4 Å². The average molecular weight is 740 g/mol. The maximum Gasteiger partial charge on any atom is 0.281 e. The van der Waals surface area contributed by atoms with Gasteiger partial charge in [-0.3, -0.25) is 19.1 Å². The summed E-state index contributed by atoms with van der Waals surface area (Å²) < 4.78 is 35.6. The number of phenols is 1. The highest BCUT2D eigenvalue weighted by Crippen LogP contribution is 2.47. The third-order valence-corrected chi connectivity index (χ3v) is 10.7. The van der Waals surface area contributed by atoms with E-state index in [1.54, 1.807) is 17.2 Å². The van der Waals surface area contributed by atoms with Crippen LogP contribution in [-0.4, -0.2) is 89.3 Å². The molecule has 9 nitrogen and oxygen atoms in total. The van der Waals surface area contributed by atoms with Gasteiger partial charge < -0.3 is 24.7 Å². The van der Waals surface area contributed by atoms with Crippen molar-refractivity contribution in [2.75, 3.05) is 56.6 Å². The molecule has 0 spiro atoms. The molecule has 1 amide bonds. The molecular formula is C38H42Cl2F2N6O3. The molecule has 4 aromatic rings. The molecule has 270 valence electrons. The lowest BCUT2D eigenvalue weighted by atomic mass is 9.95. The van der Waals surface area contributed by atoms with Crippen LogP contribution in [0.1, 0.15) is 44.4 Å². The Morgan fingerprint density at radius 2 is 1.86 bits per heavy atom.